The summed E-state index contributed by atoms with van der Waals surface area (Å²) in [5.41, 5.74) is 1.88. The lowest BCUT2D eigenvalue weighted by atomic mass is 9.96. The van der Waals surface area contributed by atoms with Crippen molar-refractivity contribution < 1.29 is 23.3 Å². The molecule has 2 nitrogen and oxygen atoms in total. The number of benzene rings is 9. The summed E-state index contributed by atoms with van der Waals surface area (Å²) in [6.45, 7) is 0. The maximum Gasteiger partial charge on any atom is 0.0652 e. The number of hydrogen-bond donors (Lipinski definition) is 0. The molecule has 2 heteroatoms. The Morgan fingerprint density at radius 3 is 1.62 bits per heavy atom. The average molecular weight is 678 g/mol. The number of hydrogen-bond acceptors (Lipinski definition) is 0. The maximum atomic E-state index is 10.2. The van der Waals surface area contributed by atoms with Crippen LogP contribution in [0, 0.1) is 0 Å². The van der Waals surface area contributed by atoms with Crippen molar-refractivity contribution in [2.24, 2.45) is 0 Å². The molecule has 0 aliphatic rings. The summed E-state index contributed by atoms with van der Waals surface area (Å²) in [6.07, 6.45) is 0. The van der Waals surface area contributed by atoms with Gasteiger partial charge in [-0.3, -0.25) is 0 Å². The Balaban J connectivity index is 1.31. The van der Waals surface area contributed by atoms with Crippen molar-refractivity contribution in [1.29, 1.82) is 0 Å². The minimum Gasteiger partial charge on any atom is -0.309 e. The summed E-state index contributed by atoms with van der Waals surface area (Å²) in [5.74, 6) is 0. The van der Waals surface area contributed by atoms with Gasteiger partial charge in [-0.05, 0) is 86.7 Å². The Morgan fingerprint density at radius 2 is 0.904 bits per heavy atom. The van der Waals surface area contributed by atoms with E-state index in [1.807, 2.05) is 30.3 Å². The molecule has 0 aliphatic carbocycles. The van der Waals surface area contributed by atoms with Crippen LogP contribution in [0.15, 0.2) is 194 Å². The summed E-state index contributed by atoms with van der Waals surface area (Å²) in [4.78, 5) is 0. The summed E-state index contributed by atoms with van der Waals surface area (Å²) < 4.78 is 156. The molecule has 0 aliphatic heterocycles. The van der Waals surface area contributed by atoms with Gasteiger partial charge in [0.15, 0.2) is 0 Å². The zero-order chi connectivity index (χ0) is 49.0. The average Bonchev–Trinajstić information content (AvgIpc) is 3.86. The van der Waals surface area contributed by atoms with Crippen LogP contribution in [0.2, 0.25) is 0 Å². The summed E-state index contributed by atoms with van der Waals surface area (Å²) in [7, 11) is 0. The number of aromatic nitrogens is 2. The van der Waals surface area contributed by atoms with Crippen molar-refractivity contribution in [3.63, 3.8) is 0 Å². The van der Waals surface area contributed by atoms with Crippen LogP contribution in [0.5, 0.6) is 0 Å². The van der Waals surface area contributed by atoms with Crippen LogP contribution in [-0.2, 0) is 0 Å². The van der Waals surface area contributed by atoms with E-state index < -0.39 is 96.2 Å². The number of nitrogens with zero attached hydrogens (tertiary/aromatic N) is 2. The first kappa shape index (κ1) is 16.9. The van der Waals surface area contributed by atoms with Gasteiger partial charge in [0.1, 0.15) is 0 Å². The Bertz CT molecular complexity index is 4160. The summed E-state index contributed by atoms with van der Waals surface area (Å²) in [5, 5.41) is 1.42. The molecule has 0 saturated heterocycles. The molecule has 2 aromatic heterocycles. The third kappa shape index (κ3) is 4.31. The van der Waals surface area contributed by atoms with Crippen LogP contribution < -0.4 is 0 Å². The lowest BCUT2D eigenvalue weighted by Gasteiger charge is -2.16. The Kier molecular flexibility index (Phi) is 3.67. The second kappa shape index (κ2) is 11.3. The van der Waals surface area contributed by atoms with E-state index in [-0.39, 0.29) is 56.1 Å². The molecule has 0 amide bonds. The Hall–Kier alpha value is -6.90. The van der Waals surface area contributed by atoms with Crippen molar-refractivity contribution in [3.8, 4) is 33.6 Å². The van der Waals surface area contributed by atoms with Crippen molar-refractivity contribution >= 4 is 65.2 Å². The molecule has 11 rings (SSSR count). The van der Waals surface area contributed by atoms with Crippen molar-refractivity contribution in [3.05, 3.63) is 194 Å². The van der Waals surface area contributed by atoms with Crippen LogP contribution in [0.3, 0.4) is 0 Å². The molecule has 242 valence electrons. The SMILES string of the molecule is [2H]c1c([2H])c(-c2ccccc2)c(-n2c3ccccc3c3c4c5ccccc5n(-c5c([2H])c([2H])c6c([2H])c([2H])c([2H])c([2H])c6c5[2H])c4ccc32)c([2H])c1-c1c([2H])c([2H])c2c([2H])c([2H])c([2H])c([2H])c2c1[2H]. The molecule has 0 fully saturated rings. The number of fused-ring (bicyclic) bond motifs is 9. The van der Waals surface area contributed by atoms with E-state index >= 15 is 0 Å². The smallest absolute Gasteiger partial charge is 0.0652 e. The highest BCUT2D eigenvalue weighted by Gasteiger charge is 2.22. The van der Waals surface area contributed by atoms with E-state index in [0.29, 0.717) is 49.2 Å². The molecule has 0 radical (unpaired) electrons. The van der Waals surface area contributed by atoms with Crippen LogP contribution in [0.4, 0.5) is 0 Å². The fourth-order valence-electron chi connectivity index (χ4n) is 7.29. The molecule has 0 saturated carbocycles. The Labute approximate surface area is 324 Å². The van der Waals surface area contributed by atoms with Gasteiger partial charge in [0.25, 0.3) is 0 Å². The normalized spacial score (nSPS) is 16.4. The van der Waals surface area contributed by atoms with Gasteiger partial charge in [0, 0.05) is 32.8 Å². The van der Waals surface area contributed by atoms with Crippen LogP contribution >= 0.6 is 0 Å². The van der Waals surface area contributed by atoms with E-state index in [0.717, 1.165) is 0 Å². The van der Waals surface area contributed by atoms with Crippen LogP contribution in [-0.4, -0.2) is 9.13 Å². The van der Waals surface area contributed by atoms with Crippen molar-refractivity contribution in [2.75, 3.05) is 0 Å². The molecule has 0 spiro atoms. The fourth-order valence-corrected chi connectivity index (χ4v) is 7.29. The quantitative estimate of drug-likeness (QED) is 0.175. The van der Waals surface area contributed by atoms with E-state index in [2.05, 4.69) is 0 Å². The second-order valence-electron chi connectivity index (χ2n) is 12.4. The summed E-state index contributed by atoms with van der Waals surface area (Å²) in [6, 6.07) is 17.6. The first-order valence-corrected chi connectivity index (χ1v) is 16.6. The molecule has 52 heavy (non-hydrogen) atoms. The van der Waals surface area contributed by atoms with Gasteiger partial charge >= 0.3 is 0 Å². The first-order chi connectivity index (χ1) is 32.9. The monoisotopic (exact) mass is 677 g/mol. The third-order valence-corrected chi connectivity index (χ3v) is 9.51. The molecule has 0 N–H and O–H groups in total. The molecule has 0 unspecified atom stereocenters. The highest BCUT2D eigenvalue weighted by Crippen LogP contribution is 2.44. The standard InChI is InChI=1S/C50H32N2/c1-2-14-35(15-3-1)41-27-25-39(38-23-22-33-12-4-6-16-36(33)30-38)32-48(41)52-45-21-11-9-19-43(45)50-47(52)29-28-46-49(50)42-18-8-10-20-44(42)51(46)40-26-24-34-13-5-7-17-37(34)31-40/h1-32H/i4D,5D,6D,7D,12D,13D,16D,17D,22D,23D,24D,25D,26D,27D,30D,31D,32D. The lowest BCUT2D eigenvalue weighted by molar-refractivity contribution is 1.17. The van der Waals surface area contributed by atoms with Gasteiger partial charge in [-0.2, -0.15) is 0 Å². The largest absolute Gasteiger partial charge is 0.309 e. The lowest BCUT2D eigenvalue weighted by Crippen LogP contribution is -1.98. The molecule has 0 atom stereocenters. The molecule has 0 bridgehead atoms. The minimum atomic E-state index is -0.660. The zero-order valence-corrected chi connectivity index (χ0v) is 27.1. The minimum absolute atomic E-state index is 0.0763. The van der Waals surface area contributed by atoms with E-state index in [1.165, 1.54) is 0 Å². The van der Waals surface area contributed by atoms with Gasteiger partial charge in [0.05, 0.1) is 51.1 Å². The van der Waals surface area contributed by atoms with E-state index in [1.54, 1.807) is 69.8 Å². The predicted octanol–water partition coefficient (Wildman–Crippen LogP) is 13.5. The van der Waals surface area contributed by atoms with Crippen LogP contribution in [0.1, 0.15) is 23.3 Å². The van der Waals surface area contributed by atoms with Gasteiger partial charge in [-0.25, -0.2) is 0 Å². The molecule has 11 aromatic rings. The highest BCUT2D eigenvalue weighted by molar-refractivity contribution is 6.29. The second-order valence-corrected chi connectivity index (χ2v) is 12.4. The van der Waals surface area contributed by atoms with Gasteiger partial charge in [-0.15, -0.1) is 0 Å². The van der Waals surface area contributed by atoms with Crippen molar-refractivity contribution in [1.82, 2.24) is 9.13 Å². The molecular formula is C50H32N2. The molecule has 9 aromatic carbocycles. The summed E-state index contributed by atoms with van der Waals surface area (Å²) >= 11 is 0. The molecule has 2 heterocycles. The predicted molar refractivity (Wildman–Crippen MR) is 221 cm³/mol. The fraction of sp³-hybridized carbons (Fsp3) is 0. The molecular weight excluding hydrogens is 629 g/mol. The third-order valence-electron chi connectivity index (χ3n) is 9.51. The van der Waals surface area contributed by atoms with Gasteiger partial charge in [-0.1, -0.05) is 145 Å². The number of para-hydroxylation sites is 2. The first-order valence-electron chi connectivity index (χ1n) is 25.1. The maximum absolute atomic E-state index is 10.2. The van der Waals surface area contributed by atoms with Gasteiger partial charge < -0.3 is 9.13 Å². The van der Waals surface area contributed by atoms with E-state index in [4.69, 9.17) is 13.7 Å². The van der Waals surface area contributed by atoms with E-state index in [9.17, 15) is 9.60 Å². The topological polar surface area (TPSA) is 9.86 Å². The Morgan fingerprint density at radius 1 is 0.365 bits per heavy atom. The highest BCUT2D eigenvalue weighted by atomic mass is 15.0. The number of rotatable bonds is 4. The van der Waals surface area contributed by atoms with Gasteiger partial charge in [0.2, 0.25) is 0 Å². The zero-order valence-electron chi connectivity index (χ0n) is 44.1. The van der Waals surface area contributed by atoms with Crippen LogP contribution in [0.25, 0.3) is 98.8 Å². The van der Waals surface area contributed by atoms with Crippen molar-refractivity contribution in [2.45, 2.75) is 0 Å².